The molecule has 0 saturated carbocycles. The highest BCUT2D eigenvalue weighted by molar-refractivity contribution is 7.12. The molecule has 140 valence electrons. The fraction of sp³-hybridized carbons (Fsp3) is 0.211. The van der Waals surface area contributed by atoms with Crippen LogP contribution in [-0.2, 0) is 13.6 Å². The summed E-state index contributed by atoms with van der Waals surface area (Å²) in [6.07, 6.45) is 0. The van der Waals surface area contributed by atoms with Crippen LogP contribution in [0.2, 0.25) is 0 Å². The van der Waals surface area contributed by atoms with E-state index in [0.29, 0.717) is 17.2 Å². The van der Waals surface area contributed by atoms with Crippen LogP contribution < -0.4 is 5.32 Å². The third-order valence-electron chi connectivity index (χ3n) is 3.96. The Hall–Kier alpha value is -2.97. The van der Waals surface area contributed by atoms with Gasteiger partial charge >= 0.3 is 0 Å². The van der Waals surface area contributed by atoms with E-state index < -0.39 is 0 Å². The minimum atomic E-state index is -0.305. The van der Waals surface area contributed by atoms with Crippen molar-refractivity contribution >= 4 is 29.0 Å². The zero-order valence-corrected chi connectivity index (χ0v) is 15.6. The normalized spacial score (nSPS) is 10.6. The summed E-state index contributed by atoms with van der Waals surface area (Å²) in [5.74, 6) is -0.121. The van der Waals surface area contributed by atoms with E-state index in [2.05, 4.69) is 10.4 Å². The lowest BCUT2D eigenvalue weighted by molar-refractivity contribution is 0.0701. The molecule has 0 aliphatic heterocycles. The third kappa shape index (κ3) is 4.60. The van der Waals surface area contributed by atoms with Crippen molar-refractivity contribution < 1.29 is 14.7 Å². The van der Waals surface area contributed by atoms with E-state index >= 15 is 0 Å². The van der Waals surface area contributed by atoms with Gasteiger partial charge in [0.2, 0.25) is 0 Å². The van der Waals surface area contributed by atoms with Gasteiger partial charge in [-0.15, -0.1) is 11.3 Å². The molecule has 2 amide bonds. The molecule has 3 rings (SSSR count). The van der Waals surface area contributed by atoms with Crippen LogP contribution in [0, 0.1) is 0 Å². The van der Waals surface area contributed by atoms with Gasteiger partial charge in [-0.1, -0.05) is 36.4 Å². The molecule has 2 heterocycles. The molecule has 0 unspecified atom stereocenters. The SMILES string of the molecule is Cn1nc(C(=O)N(CCO)Cc2ccccc2)cc1NC(=O)c1cccs1. The molecule has 0 spiro atoms. The van der Waals surface area contributed by atoms with Crippen molar-refractivity contribution in [1.82, 2.24) is 14.7 Å². The van der Waals surface area contributed by atoms with Gasteiger partial charge in [0.25, 0.3) is 11.8 Å². The number of carbonyl (C=O) groups excluding carboxylic acids is 2. The van der Waals surface area contributed by atoms with Crippen LogP contribution in [0.5, 0.6) is 0 Å². The van der Waals surface area contributed by atoms with Crippen LogP contribution in [0.3, 0.4) is 0 Å². The van der Waals surface area contributed by atoms with Gasteiger partial charge in [0.05, 0.1) is 11.5 Å². The summed E-state index contributed by atoms with van der Waals surface area (Å²) >= 11 is 1.34. The Bertz CT molecular complexity index is 906. The summed E-state index contributed by atoms with van der Waals surface area (Å²) in [5.41, 5.74) is 1.17. The number of nitrogens with zero attached hydrogens (tertiary/aromatic N) is 3. The summed E-state index contributed by atoms with van der Waals surface area (Å²) in [6, 6.07) is 14.6. The van der Waals surface area contributed by atoms with E-state index in [1.807, 2.05) is 35.7 Å². The molecule has 0 fully saturated rings. The molecule has 7 nitrogen and oxygen atoms in total. The number of carbonyl (C=O) groups is 2. The van der Waals surface area contributed by atoms with Crippen LogP contribution in [0.4, 0.5) is 5.82 Å². The molecule has 2 N–H and O–H groups in total. The quantitative estimate of drug-likeness (QED) is 0.655. The summed E-state index contributed by atoms with van der Waals surface area (Å²) < 4.78 is 1.46. The van der Waals surface area contributed by atoms with Crippen LogP contribution in [0.1, 0.15) is 25.7 Å². The minimum Gasteiger partial charge on any atom is -0.395 e. The number of thiophene rings is 1. The van der Waals surface area contributed by atoms with Gasteiger partial charge < -0.3 is 15.3 Å². The van der Waals surface area contributed by atoms with Gasteiger partial charge in [0.15, 0.2) is 5.69 Å². The highest BCUT2D eigenvalue weighted by atomic mass is 32.1. The maximum absolute atomic E-state index is 12.8. The summed E-state index contributed by atoms with van der Waals surface area (Å²) in [6.45, 7) is 0.419. The minimum absolute atomic E-state index is 0.145. The molecule has 0 aliphatic carbocycles. The second-order valence-corrected chi connectivity index (χ2v) is 6.85. The number of hydrogen-bond donors (Lipinski definition) is 2. The van der Waals surface area contributed by atoms with E-state index in [0.717, 1.165) is 5.56 Å². The lowest BCUT2D eigenvalue weighted by atomic mass is 10.2. The monoisotopic (exact) mass is 384 g/mol. The Morgan fingerprint density at radius 3 is 2.67 bits per heavy atom. The molecule has 0 bridgehead atoms. The number of aliphatic hydroxyl groups excluding tert-OH is 1. The molecule has 0 aliphatic rings. The van der Waals surface area contributed by atoms with Crippen molar-refractivity contribution in [3.8, 4) is 0 Å². The van der Waals surface area contributed by atoms with Crippen LogP contribution in [0.25, 0.3) is 0 Å². The van der Waals surface area contributed by atoms with Crippen LogP contribution in [-0.4, -0.2) is 44.8 Å². The number of anilines is 1. The van der Waals surface area contributed by atoms with Crippen molar-refractivity contribution in [1.29, 1.82) is 0 Å². The molecule has 0 atom stereocenters. The Balaban J connectivity index is 1.75. The number of aliphatic hydroxyl groups is 1. The zero-order valence-electron chi connectivity index (χ0n) is 14.8. The van der Waals surface area contributed by atoms with Gasteiger partial charge in [-0.2, -0.15) is 5.10 Å². The van der Waals surface area contributed by atoms with E-state index in [9.17, 15) is 14.7 Å². The number of aryl methyl sites for hydroxylation is 1. The Morgan fingerprint density at radius 1 is 1.22 bits per heavy atom. The highest BCUT2D eigenvalue weighted by Gasteiger charge is 2.21. The summed E-state index contributed by atoms with van der Waals surface area (Å²) in [4.78, 5) is 27.2. The number of benzene rings is 1. The number of amides is 2. The topological polar surface area (TPSA) is 87.5 Å². The first-order chi connectivity index (χ1) is 13.1. The predicted octanol–water partition coefficient (Wildman–Crippen LogP) is 2.37. The number of hydrogen-bond acceptors (Lipinski definition) is 5. The Morgan fingerprint density at radius 2 is 2.00 bits per heavy atom. The van der Waals surface area contributed by atoms with Crippen molar-refractivity contribution in [2.75, 3.05) is 18.5 Å². The van der Waals surface area contributed by atoms with Gasteiger partial charge in [-0.25, -0.2) is 0 Å². The zero-order chi connectivity index (χ0) is 19.2. The van der Waals surface area contributed by atoms with Gasteiger partial charge in [-0.05, 0) is 17.0 Å². The fourth-order valence-corrected chi connectivity index (χ4v) is 3.23. The van der Waals surface area contributed by atoms with Crippen LogP contribution in [0.15, 0.2) is 53.9 Å². The molecule has 8 heteroatoms. The summed E-state index contributed by atoms with van der Waals surface area (Å²) in [5, 5.41) is 18.1. The predicted molar refractivity (Wildman–Crippen MR) is 104 cm³/mol. The lowest BCUT2D eigenvalue weighted by Crippen LogP contribution is -2.33. The van der Waals surface area contributed by atoms with Crippen LogP contribution >= 0.6 is 11.3 Å². The molecule has 0 saturated heterocycles. The Labute approximate surface area is 160 Å². The van der Waals surface area contributed by atoms with E-state index in [4.69, 9.17) is 0 Å². The number of nitrogens with one attached hydrogen (secondary N) is 1. The van der Waals surface area contributed by atoms with Gasteiger partial charge in [-0.3, -0.25) is 14.3 Å². The maximum Gasteiger partial charge on any atom is 0.274 e. The fourth-order valence-electron chi connectivity index (χ4n) is 2.61. The molecule has 0 radical (unpaired) electrons. The smallest absolute Gasteiger partial charge is 0.274 e. The second-order valence-electron chi connectivity index (χ2n) is 5.91. The molecule has 2 aromatic heterocycles. The molecule has 1 aromatic carbocycles. The lowest BCUT2D eigenvalue weighted by Gasteiger charge is -2.20. The number of rotatable bonds is 7. The van der Waals surface area contributed by atoms with Gasteiger partial charge in [0, 0.05) is 26.2 Å². The largest absolute Gasteiger partial charge is 0.395 e. The summed E-state index contributed by atoms with van der Waals surface area (Å²) in [7, 11) is 1.66. The first kappa shape index (κ1) is 18.8. The van der Waals surface area contributed by atoms with Gasteiger partial charge in [0.1, 0.15) is 5.82 Å². The molecule has 27 heavy (non-hydrogen) atoms. The standard InChI is InChI=1S/C19H20N4O3S/c1-22-17(20-18(25)16-8-5-11-27-16)12-15(21-22)19(26)23(9-10-24)13-14-6-3-2-4-7-14/h2-8,11-12,24H,9-10,13H2,1H3,(H,20,25). The first-order valence-electron chi connectivity index (χ1n) is 8.41. The van der Waals surface area contributed by atoms with Crippen molar-refractivity contribution in [2.45, 2.75) is 6.54 Å². The maximum atomic E-state index is 12.8. The average Bonchev–Trinajstić information content (AvgIpc) is 3.32. The second kappa shape index (κ2) is 8.61. The molecular formula is C19H20N4O3S. The molecule has 3 aromatic rings. The number of aromatic nitrogens is 2. The van der Waals surface area contributed by atoms with E-state index in [-0.39, 0.29) is 30.7 Å². The van der Waals surface area contributed by atoms with E-state index in [1.54, 1.807) is 25.2 Å². The average molecular weight is 384 g/mol. The third-order valence-corrected chi connectivity index (χ3v) is 4.83. The van der Waals surface area contributed by atoms with E-state index in [1.165, 1.54) is 20.9 Å². The van der Waals surface area contributed by atoms with Crippen molar-refractivity contribution in [3.05, 3.63) is 70.0 Å². The highest BCUT2D eigenvalue weighted by Crippen LogP contribution is 2.16. The van der Waals surface area contributed by atoms with Crippen molar-refractivity contribution in [3.63, 3.8) is 0 Å². The van der Waals surface area contributed by atoms with Crippen molar-refractivity contribution in [2.24, 2.45) is 7.05 Å². The Kier molecular flexibility index (Phi) is 6.00. The molecular weight excluding hydrogens is 364 g/mol. The first-order valence-corrected chi connectivity index (χ1v) is 9.29.